The standard InChI is InChI=1S/C14H19N5/c1-4-13-16-12-8-19(3)9(2)7-10(12)14(17-13)11-5-6-15-18-11/h5-6,9H,4,7-8H2,1-3H3,(H,15,18). The lowest BCUT2D eigenvalue weighted by Crippen LogP contribution is -2.36. The van der Waals surface area contributed by atoms with Gasteiger partial charge in [-0.25, -0.2) is 9.97 Å². The first-order chi connectivity index (χ1) is 9.19. The number of aryl methyl sites for hydroxylation is 1. The monoisotopic (exact) mass is 257 g/mol. The number of likely N-dealkylation sites (N-methyl/N-ethyl adjacent to an activating group) is 1. The molecule has 0 saturated heterocycles. The Kier molecular flexibility index (Phi) is 3.06. The van der Waals surface area contributed by atoms with Crippen LogP contribution in [0.2, 0.25) is 0 Å². The van der Waals surface area contributed by atoms with E-state index >= 15 is 0 Å². The van der Waals surface area contributed by atoms with E-state index in [-0.39, 0.29) is 0 Å². The molecule has 1 N–H and O–H groups in total. The lowest BCUT2D eigenvalue weighted by molar-refractivity contribution is 0.227. The second kappa shape index (κ2) is 4.74. The van der Waals surface area contributed by atoms with Crippen LogP contribution >= 0.6 is 0 Å². The van der Waals surface area contributed by atoms with E-state index in [0.717, 1.165) is 42.3 Å². The molecule has 1 aliphatic heterocycles. The first-order valence-corrected chi connectivity index (χ1v) is 6.77. The third-order valence-corrected chi connectivity index (χ3v) is 3.86. The second-order valence-corrected chi connectivity index (χ2v) is 5.21. The van der Waals surface area contributed by atoms with Crippen LogP contribution in [0.15, 0.2) is 12.3 Å². The van der Waals surface area contributed by atoms with Crippen molar-refractivity contribution in [2.75, 3.05) is 7.05 Å². The van der Waals surface area contributed by atoms with Crippen LogP contribution in [0.1, 0.15) is 30.9 Å². The fraction of sp³-hybridized carbons (Fsp3) is 0.500. The smallest absolute Gasteiger partial charge is 0.129 e. The average molecular weight is 257 g/mol. The van der Waals surface area contributed by atoms with E-state index in [2.05, 4.69) is 36.0 Å². The molecular weight excluding hydrogens is 238 g/mol. The quantitative estimate of drug-likeness (QED) is 0.891. The Hall–Kier alpha value is -1.75. The number of aromatic amines is 1. The Morgan fingerprint density at radius 1 is 1.42 bits per heavy atom. The number of rotatable bonds is 2. The van der Waals surface area contributed by atoms with Gasteiger partial charge in [0.2, 0.25) is 0 Å². The molecule has 0 aromatic carbocycles. The normalized spacial score (nSPS) is 19.4. The van der Waals surface area contributed by atoms with Gasteiger partial charge in [-0.15, -0.1) is 0 Å². The molecule has 3 heterocycles. The highest BCUT2D eigenvalue weighted by Crippen LogP contribution is 2.28. The molecule has 0 saturated carbocycles. The van der Waals surface area contributed by atoms with Crippen LogP contribution in [-0.4, -0.2) is 38.2 Å². The molecule has 0 fully saturated rings. The molecule has 5 nitrogen and oxygen atoms in total. The van der Waals surface area contributed by atoms with Gasteiger partial charge in [-0.3, -0.25) is 10.00 Å². The maximum Gasteiger partial charge on any atom is 0.129 e. The summed E-state index contributed by atoms with van der Waals surface area (Å²) in [5.74, 6) is 0.909. The Morgan fingerprint density at radius 2 is 2.26 bits per heavy atom. The van der Waals surface area contributed by atoms with Gasteiger partial charge in [0.05, 0.1) is 17.1 Å². The predicted molar refractivity (Wildman–Crippen MR) is 73.6 cm³/mol. The average Bonchev–Trinajstić information content (AvgIpc) is 2.93. The minimum atomic E-state index is 0.519. The van der Waals surface area contributed by atoms with E-state index in [1.807, 2.05) is 6.07 Å². The van der Waals surface area contributed by atoms with Gasteiger partial charge >= 0.3 is 0 Å². The molecule has 100 valence electrons. The maximum atomic E-state index is 4.71. The number of fused-ring (bicyclic) bond motifs is 1. The van der Waals surface area contributed by atoms with Crippen LogP contribution in [0.3, 0.4) is 0 Å². The third kappa shape index (κ3) is 2.14. The fourth-order valence-electron chi connectivity index (χ4n) is 2.54. The van der Waals surface area contributed by atoms with E-state index in [9.17, 15) is 0 Å². The van der Waals surface area contributed by atoms with Crippen molar-refractivity contribution in [2.24, 2.45) is 0 Å². The summed E-state index contributed by atoms with van der Waals surface area (Å²) in [6.45, 7) is 5.23. The van der Waals surface area contributed by atoms with Gasteiger partial charge in [0.25, 0.3) is 0 Å². The number of nitrogens with zero attached hydrogens (tertiary/aromatic N) is 4. The Morgan fingerprint density at radius 3 is 2.95 bits per heavy atom. The first-order valence-electron chi connectivity index (χ1n) is 6.77. The molecule has 1 aliphatic rings. The fourth-order valence-corrected chi connectivity index (χ4v) is 2.54. The lowest BCUT2D eigenvalue weighted by atomic mass is 9.96. The van der Waals surface area contributed by atoms with Crippen LogP contribution in [0, 0.1) is 0 Å². The summed E-state index contributed by atoms with van der Waals surface area (Å²) >= 11 is 0. The van der Waals surface area contributed by atoms with Crippen molar-refractivity contribution in [3.8, 4) is 11.4 Å². The van der Waals surface area contributed by atoms with E-state index in [1.165, 1.54) is 5.56 Å². The van der Waals surface area contributed by atoms with E-state index < -0.39 is 0 Å². The van der Waals surface area contributed by atoms with E-state index in [4.69, 9.17) is 9.97 Å². The summed E-state index contributed by atoms with van der Waals surface area (Å²) in [5, 5.41) is 7.07. The number of nitrogens with one attached hydrogen (secondary N) is 1. The largest absolute Gasteiger partial charge is 0.298 e. The zero-order valence-electron chi connectivity index (χ0n) is 11.6. The summed E-state index contributed by atoms with van der Waals surface area (Å²) in [6.07, 6.45) is 3.62. The molecule has 19 heavy (non-hydrogen) atoms. The number of hydrogen-bond acceptors (Lipinski definition) is 4. The van der Waals surface area contributed by atoms with Gasteiger partial charge < -0.3 is 0 Å². The van der Waals surface area contributed by atoms with Crippen molar-refractivity contribution in [1.82, 2.24) is 25.1 Å². The summed E-state index contributed by atoms with van der Waals surface area (Å²) in [5.41, 5.74) is 4.45. The van der Waals surface area contributed by atoms with Crippen LogP contribution in [0.4, 0.5) is 0 Å². The summed E-state index contributed by atoms with van der Waals surface area (Å²) in [6, 6.07) is 2.50. The summed E-state index contributed by atoms with van der Waals surface area (Å²) in [4.78, 5) is 11.7. The molecule has 0 radical (unpaired) electrons. The molecular formula is C14H19N5. The molecule has 0 aliphatic carbocycles. The highest BCUT2D eigenvalue weighted by Gasteiger charge is 2.25. The van der Waals surface area contributed by atoms with Crippen molar-refractivity contribution in [1.29, 1.82) is 0 Å². The first kappa shape index (κ1) is 12.3. The maximum absolute atomic E-state index is 4.71. The van der Waals surface area contributed by atoms with Crippen molar-refractivity contribution in [3.63, 3.8) is 0 Å². The van der Waals surface area contributed by atoms with Gasteiger partial charge in [0.15, 0.2) is 0 Å². The van der Waals surface area contributed by atoms with Crippen molar-refractivity contribution in [3.05, 3.63) is 29.3 Å². The number of H-pyrrole nitrogens is 1. The number of hydrogen-bond donors (Lipinski definition) is 1. The van der Waals surface area contributed by atoms with Crippen LogP contribution in [-0.2, 0) is 19.4 Å². The third-order valence-electron chi connectivity index (χ3n) is 3.86. The van der Waals surface area contributed by atoms with Crippen molar-refractivity contribution >= 4 is 0 Å². The highest BCUT2D eigenvalue weighted by atomic mass is 15.2. The summed E-state index contributed by atoms with van der Waals surface area (Å²) in [7, 11) is 2.15. The van der Waals surface area contributed by atoms with Crippen LogP contribution in [0.25, 0.3) is 11.4 Å². The lowest BCUT2D eigenvalue weighted by Gasteiger charge is -2.31. The van der Waals surface area contributed by atoms with Gasteiger partial charge in [-0.2, -0.15) is 5.10 Å². The Labute approximate surface area is 113 Å². The molecule has 2 aromatic heterocycles. The van der Waals surface area contributed by atoms with Gasteiger partial charge in [-0.1, -0.05) is 6.92 Å². The summed E-state index contributed by atoms with van der Waals surface area (Å²) < 4.78 is 0. The molecule has 1 unspecified atom stereocenters. The molecule has 0 spiro atoms. The highest BCUT2D eigenvalue weighted by molar-refractivity contribution is 5.60. The molecule has 0 bridgehead atoms. The molecule has 0 amide bonds. The SMILES string of the molecule is CCc1nc2c(c(-c3ccn[nH]3)n1)CC(C)N(C)C2. The van der Waals surface area contributed by atoms with Crippen molar-refractivity contribution < 1.29 is 0 Å². The van der Waals surface area contributed by atoms with Gasteiger partial charge in [-0.05, 0) is 26.5 Å². The van der Waals surface area contributed by atoms with Crippen LogP contribution < -0.4 is 0 Å². The van der Waals surface area contributed by atoms with Gasteiger partial charge in [0, 0.05) is 30.8 Å². The van der Waals surface area contributed by atoms with Crippen LogP contribution in [0.5, 0.6) is 0 Å². The zero-order valence-corrected chi connectivity index (χ0v) is 11.6. The van der Waals surface area contributed by atoms with Gasteiger partial charge in [0.1, 0.15) is 5.82 Å². The topological polar surface area (TPSA) is 57.7 Å². The Balaban J connectivity index is 2.15. The van der Waals surface area contributed by atoms with E-state index in [0.29, 0.717) is 6.04 Å². The van der Waals surface area contributed by atoms with E-state index in [1.54, 1.807) is 6.20 Å². The predicted octanol–water partition coefficient (Wildman–Crippen LogP) is 1.81. The molecule has 5 heteroatoms. The molecule has 3 rings (SSSR count). The van der Waals surface area contributed by atoms with Crippen molar-refractivity contribution in [2.45, 2.75) is 39.3 Å². The minimum absolute atomic E-state index is 0.519. The zero-order chi connectivity index (χ0) is 13.4. The minimum Gasteiger partial charge on any atom is -0.298 e. The molecule has 2 aromatic rings. The number of aromatic nitrogens is 4. The Bertz CT molecular complexity index is 576. The second-order valence-electron chi connectivity index (χ2n) is 5.21. The molecule has 1 atom stereocenters.